The topological polar surface area (TPSA) is 158 Å². The molecule has 2 unspecified atom stereocenters. The van der Waals surface area contributed by atoms with E-state index in [1.54, 1.807) is 11.8 Å². The lowest BCUT2D eigenvalue weighted by atomic mass is 9.85. The first-order chi connectivity index (χ1) is 33.7. The van der Waals surface area contributed by atoms with Crippen LogP contribution in [0.25, 0.3) is 10.9 Å². The SMILES string of the molecule is CC1N=CSC1c1ccc(CNC(=O)[C@@H]2C[C@@H](O)CN2C(=O)[C@@H](NC(=O)C2(OCCCOCCCOc3cc(F)c([C@@H]4c5[nH]c6ccccc6c5C[C@@H](C)N4CC(C)(C)F)c(F)c3)CC2)C(C)(C)C)cc1. The molecule has 4 N–H and O–H groups in total. The van der Waals surface area contributed by atoms with E-state index in [-0.39, 0.29) is 73.8 Å². The minimum Gasteiger partial charge on any atom is -0.493 e. The number of aliphatic hydroxyl groups excluding tert-OH is 1. The Morgan fingerprint density at radius 1 is 0.972 bits per heavy atom. The molecule has 8 rings (SSSR count). The highest BCUT2D eigenvalue weighted by Crippen LogP contribution is 2.45. The number of alkyl halides is 1. The maximum atomic E-state index is 16.1. The number of nitrogens with one attached hydrogen (secondary N) is 3. The zero-order valence-electron chi connectivity index (χ0n) is 41.9. The van der Waals surface area contributed by atoms with Gasteiger partial charge in [0.25, 0.3) is 5.91 Å². The number of hydrogen-bond acceptors (Lipinski definition) is 10. The van der Waals surface area contributed by atoms with E-state index in [4.69, 9.17) is 14.2 Å². The fraction of sp³-hybridized carbons (Fsp3) is 0.556. The molecule has 0 spiro atoms. The molecular weight excluding hydrogens is 934 g/mol. The van der Waals surface area contributed by atoms with Gasteiger partial charge in [0.2, 0.25) is 11.8 Å². The monoisotopic (exact) mass is 1000 g/mol. The highest BCUT2D eigenvalue weighted by molar-refractivity contribution is 8.12. The second-order valence-electron chi connectivity index (χ2n) is 21.4. The summed E-state index contributed by atoms with van der Waals surface area (Å²) in [6.07, 6.45) is 1.72. The van der Waals surface area contributed by atoms with Crippen molar-refractivity contribution in [2.75, 3.05) is 39.5 Å². The number of thioether (sulfide) groups is 1. The van der Waals surface area contributed by atoms with E-state index < -0.39 is 64.4 Å². The molecular formula is C54H69F3N6O7S. The van der Waals surface area contributed by atoms with Gasteiger partial charge in [-0.1, -0.05) is 63.2 Å². The van der Waals surface area contributed by atoms with Crippen molar-refractivity contribution in [1.82, 2.24) is 25.4 Å². The van der Waals surface area contributed by atoms with Crippen LogP contribution in [0.5, 0.6) is 5.75 Å². The number of aromatic amines is 1. The van der Waals surface area contributed by atoms with Crippen molar-refractivity contribution in [3.63, 3.8) is 0 Å². The Morgan fingerprint density at radius 3 is 2.31 bits per heavy atom. The third-order valence-corrected chi connectivity index (χ3v) is 15.2. The molecule has 1 aromatic heterocycles. The molecule has 71 heavy (non-hydrogen) atoms. The molecule has 384 valence electrons. The van der Waals surface area contributed by atoms with Crippen molar-refractivity contribution in [3.8, 4) is 5.75 Å². The van der Waals surface area contributed by atoms with Gasteiger partial charge in [-0.15, -0.1) is 11.8 Å². The number of likely N-dealkylation sites (tertiary alicyclic amines) is 1. The lowest BCUT2D eigenvalue weighted by molar-refractivity contribution is -0.147. The zero-order valence-corrected chi connectivity index (χ0v) is 42.7. The standard InChI is InChI=1S/C54H69F3N6O7S/c1-32-24-39-38-12-8-9-13-42(38)60-45(39)46(63(32)30-53(6,7)57)44-40(55)26-37(27-41(44)56)69-22-10-20-68-21-11-23-70-54(18-19-54)51(67)61-48(52(3,4)5)50(66)62-29-36(64)25-43(62)49(65)58-28-34-14-16-35(17-15-34)47-33(2)59-31-71-47/h8-9,12-17,26-27,31-33,36,43,46-48,60,64H,10-11,18-25,28-30H2,1-7H3,(H,58,65)(H,61,67)/t32-,33?,36-,43+,46-,47?,48-/m1/s1. The second kappa shape index (κ2) is 21.6. The van der Waals surface area contributed by atoms with Crippen LogP contribution in [0.4, 0.5) is 13.2 Å². The predicted octanol–water partition coefficient (Wildman–Crippen LogP) is 8.27. The molecule has 0 bridgehead atoms. The quantitative estimate of drug-likeness (QED) is 0.0640. The van der Waals surface area contributed by atoms with Gasteiger partial charge in [0.15, 0.2) is 0 Å². The number of carbonyl (C=O) groups excluding carboxylic acids is 3. The molecule has 17 heteroatoms. The number of H-pyrrole nitrogens is 1. The molecule has 2 fully saturated rings. The number of aliphatic hydroxyl groups is 1. The number of ether oxygens (including phenoxy) is 3. The number of rotatable bonds is 20. The van der Waals surface area contributed by atoms with Crippen molar-refractivity contribution in [3.05, 3.63) is 100 Å². The largest absolute Gasteiger partial charge is 0.493 e. The smallest absolute Gasteiger partial charge is 0.252 e. The summed E-state index contributed by atoms with van der Waals surface area (Å²) in [4.78, 5) is 52.6. The van der Waals surface area contributed by atoms with Crippen LogP contribution in [0.1, 0.15) is 120 Å². The number of β-amino-alcohol motifs (C(OH)–C–C–N with tert-alkyl or cyclic N) is 1. The first-order valence-corrected chi connectivity index (χ1v) is 25.9. The third kappa shape index (κ3) is 12.1. The Kier molecular flexibility index (Phi) is 16.0. The van der Waals surface area contributed by atoms with Crippen molar-refractivity contribution in [2.45, 2.75) is 146 Å². The number of aromatic nitrogens is 1. The van der Waals surface area contributed by atoms with Gasteiger partial charge in [-0.05, 0) is 81.5 Å². The third-order valence-electron chi connectivity index (χ3n) is 14.0. The highest BCUT2D eigenvalue weighted by Gasteiger charge is 2.54. The maximum absolute atomic E-state index is 16.1. The molecule has 4 aromatic rings. The van der Waals surface area contributed by atoms with Crippen molar-refractivity contribution in [1.29, 1.82) is 0 Å². The first-order valence-electron chi connectivity index (χ1n) is 24.9. The van der Waals surface area contributed by atoms with Crippen LogP contribution >= 0.6 is 11.8 Å². The minimum atomic E-state index is -1.61. The Bertz CT molecular complexity index is 2550. The molecule has 1 saturated carbocycles. The molecule has 1 aliphatic carbocycles. The molecule has 3 aromatic carbocycles. The van der Waals surface area contributed by atoms with Crippen LogP contribution in [0.2, 0.25) is 0 Å². The molecule has 4 heterocycles. The zero-order chi connectivity index (χ0) is 50.8. The molecule has 3 aliphatic heterocycles. The number of benzene rings is 3. The average Bonchev–Trinajstić information content (AvgIpc) is 3.58. The number of fused-ring (bicyclic) bond motifs is 3. The number of nitrogens with zero attached hydrogens (tertiary/aromatic N) is 3. The Morgan fingerprint density at radius 2 is 1.66 bits per heavy atom. The highest BCUT2D eigenvalue weighted by atomic mass is 32.2. The summed E-state index contributed by atoms with van der Waals surface area (Å²) in [5, 5.41) is 17.8. The molecule has 3 amide bonds. The van der Waals surface area contributed by atoms with Crippen molar-refractivity contribution >= 4 is 45.9 Å². The summed E-state index contributed by atoms with van der Waals surface area (Å²) in [7, 11) is 0. The summed E-state index contributed by atoms with van der Waals surface area (Å²) < 4.78 is 65.0. The van der Waals surface area contributed by atoms with E-state index in [1.165, 1.54) is 30.9 Å². The normalized spacial score (nSPS) is 23.5. The molecule has 0 radical (unpaired) electrons. The van der Waals surface area contributed by atoms with Gasteiger partial charge < -0.3 is 39.8 Å². The number of carbonyl (C=O) groups is 3. The van der Waals surface area contributed by atoms with Gasteiger partial charge in [0.1, 0.15) is 40.7 Å². The van der Waals surface area contributed by atoms with E-state index in [2.05, 4.69) is 27.5 Å². The summed E-state index contributed by atoms with van der Waals surface area (Å²) >= 11 is 1.69. The summed E-state index contributed by atoms with van der Waals surface area (Å²) in [6.45, 7) is 13.8. The van der Waals surface area contributed by atoms with Crippen LogP contribution in [-0.2, 0) is 36.8 Å². The number of para-hydroxylation sites is 1. The number of amides is 3. The second-order valence-corrected chi connectivity index (χ2v) is 22.4. The van der Waals surface area contributed by atoms with E-state index in [9.17, 15) is 19.5 Å². The first kappa shape index (κ1) is 52.4. The van der Waals surface area contributed by atoms with Gasteiger partial charge in [0.05, 0.1) is 42.2 Å². The van der Waals surface area contributed by atoms with Crippen molar-refractivity contribution < 1.29 is 46.9 Å². The van der Waals surface area contributed by atoms with Gasteiger partial charge in [0, 0.05) is 86.0 Å². The summed E-state index contributed by atoms with van der Waals surface area (Å²) in [5.41, 5.74) is 2.88. The summed E-state index contributed by atoms with van der Waals surface area (Å²) in [5.74, 6) is -2.73. The molecule has 4 aliphatic rings. The molecule has 13 nitrogen and oxygen atoms in total. The Labute approximate surface area is 419 Å². The summed E-state index contributed by atoms with van der Waals surface area (Å²) in [6, 6.07) is 15.4. The number of halogens is 3. The Hall–Kier alpha value is -4.94. The van der Waals surface area contributed by atoms with Crippen molar-refractivity contribution in [2.24, 2.45) is 10.4 Å². The van der Waals surface area contributed by atoms with Gasteiger partial charge in [-0.25, -0.2) is 13.2 Å². The fourth-order valence-electron chi connectivity index (χ4n) is 10.1. The maximum Gasteiger partial charge on any atom is 0.252 e. The van der Waals surface area contributed by atoms with Crippen LogP contribution in [-0.4, -0.2) is 124 Å². The van der Waals surface area contributed by atoms with Crippen LogP contribution < -0.4 is 15.4 Å². The van der Waals surface area contributed by atoms with Gasteiger partial charge in [-0.2, -0.15) is 0 Å². The Balaban J connectivity index is 0.778. The van der Waals surface area contributed by atoms with E-state index >= 15 is 13.2 Å². The van der Waals surface area contributed by atoms with E-state index in [0.29, 0.717) is 51.0 Å². The molecule has 1 saturated heterocycles. The van der Waals surface area contributed by atoms with Gasteiger partial charge >= 0.3 is 0 Å². The van der Waals surface area contributed by atoms with Gasteiger partial charge in [-0.3, -0.25) is 24.3 Å². The van der Waals surface area contributed by atoms with E-state index in [0.717, 1.165) is 27.6 Å². The van der Waals surface area contributed by atoms with Crippen LogP contribution in [0, 0.1) is 17.0 Å². The van der Waals surface area contributed by atoms with E-state index in [1.807, 2.05) is 86.7 Å². The predicted molar refractivity (Wildman–Crippen MR) is 269 cm³/mol. The molecule has 7 atom stereocenters. The number of aliphatic imine (C=N–C) groups is 1. The number of hydrogen-bond donors (Lipinski definition) is 4. The van der Waals surface area contributed by atoms with Crippen LogP contribution in [0.15, 0.2) is 65.7 Å². The van der Waals surface area contributed by atoms with Crippen LogP contribution in [0.3, 0.4) is 0 Å². The lowest BCUT2D eigenvalue weighted by Gasteiger charge is -2.43. The fourth-order valence-corrected chi connectivity index (χ4v) is 11.1. The lowest BCUT2D eigenvalue weighted by Crippen LogP contribution is -2.59. The minimum absolute atomic E-state index is 0.0164. The average molecular weight is 1000 g/mol.